The second-order valence-electron chi connectivity index (χ2n) is 8.02. The molecule has 0 aliphatic rings. The Morgan fingerprint density at radius 2 is 1.61 bits per heavy atom. The normalized spacial score (nSPS) is 11.5. The van der Waals surface area contributed by atoms with Crippen LogP contribution in [0.3, 0.4) is 0 Å². The first-order chi connectivity index (χ1) is 17.2. The fourth-order valence-corrected chi connectivity index (χ4v) is 4.07. The average molecular weight is 500 g/mol. The van der Waals surface area contributed by atoms with Gasteiger partial charge in [-0.05, 0) is 55.8 Å². The van der Waals surface area contributed by atoms with Crippen molar-refractivity contribution in [1.82, 2.24) is 9.47 Å². The van der Waals surface area contributed by atoms with Gasteiger partial charge in [0.2, 0.25) is 0 Å². The van der Waals surface area contributed by atoms with Crippen LogP contribution in [0.2, 0.25) is 0 Å². The number of hydrogen-bond donors (Lipinski definition) is 0. The van der Waals surface area contributed by atoms with Crippen LogP contribution in [-0.4, -0.2) is 35.0 Å². The molecule has 0 aliphatic carbocycles. The summed E-state index contributed by atoms with van der Waals surface area (Å²) in [6.07, 6.45) is -3.59. The van der Waals surface area contributed by atoms with Gasteiger partial charge in [0.15, 0.2) is 0 Å². The van der Waals surface area contributed by atoms with Crippen LogP contribution in [0.15, 0.2) is 72.9 Å². The van der Waals surface area contributed by atoms with Crippen molar-refractivity contribution < 1.29 is 31.8 Å². The number of hydrogen-bond acceptors (Lipinski definition) is 3. The number of nitrogens with zero attached hydrogens (tertiary/aromatic N) is 2. The first-order valence-corrected chi connectivity index (χ1v) is 11.4. The van der Waals surface area contributed by atoms with E-state index in [1.165, 1.54) is 29.2 Å². The molecule has 0 fully saturated rings. The third-order valence-corrected chi connectivity index (χ3v) is 5.81. The lowest BCUT2D eigenvalue weighted by Gasteiger charge is -2.20. The summed E-state index contributed by atoms with van der Waals surface area (Å²) in [6.45, 7) is 4.74. The smallest absolute Gasteiger partial charge is 0.410 e. The van der Waals surface area contributed by atoms with Crippen molar-refractivity contribution >= 4 is 17.0 Å². The third-order valence-electron chi connectivity index (χ3n) is 5.81. The van der Waals surface area contributed by atoms with Gasteiger partial charge in [-0.3, -0.25) is 0 Å². The molecule has 4 rings (SSSR count). The SMILES string of the molecule is CCN(CC)C(=O)Oc1ccc2c(ccn2Cc2ccccc2OC(F)(F)F)c1-c1ccc(F)cc1. The number of aromatic nitrogens is 1. The summed E-state index contributed by atoms with van der Waals surface area (Å²) in [4.78, 5) is 14.2. The summed E-state index contributed by atoms with van der Waals surface area (Å²) in [5, 5.41) is 0.695. The largest absolute Gasteiger partial charge is 0.573 e. The van der Waals surface area contributed by atoms with Crippen molar-refractivity contribution in [3.8, 4) is 22.6 Å². The zero-order valence-corrected chi connectivity index (χ0v) is 19.7. The first-order valence-electron chi connectivity index (χ1n) is 11.4. The molecule has 3 aromatic carbocycles. The lowest BCUT2D eigenvalue weighted by molar-refractivity contribution is -0.274. The van der Waals surface area contributed by atoms with Gasteiger partial charge in [0.05, 0.1) is 6.54 Å². The number of benzene rings is 3. The highest BCUT2D eigenvalue weighted by atomic mass is 19.4. The molecule has 1 amide bonds. The van der Waals surface area contributed by atoms with Gasteiger partial charge < -0.3 is 18.9 Å². The molecule has 9 heteroatoms. The van der Waals surface area contributed by atoms with Gasteiger partial charge in [0.25, 0.3) is 0 Å². The molecule has 1 heterocycles. The summed E-state index contributed by atoms with van der Waals surface area (Å²) < 4.78 is 64.0. The molecular weight excluding hydrogens is 476 g/mol. The topological polar surface area (TPSA) is 43.7 Å². The minimum Gasteiger partial charge on any atom is -0.410 e. The third kappa shape index (κ3) is 5.45. The van der Waals surface area contributed by atoms with Crippen molar-refractivity contribution in [2.24, 2.45) is 0 Å². The fourth-order valence-electron chi connectivity index (χ4n) is 4.07. The first kappa shape index (κ1) is 25.1. The quantitative estimate of drug-likeness (QED) is 0.251. The number of para-hydroxylation sites is 1. The van der Waals surface area contributed by atoms with Crippen molar-refractivity contribution in [3.05, 3.63) is 84.3 Å². The Bertz CT molecular complexity index is 1360. The van der Waals surface area contributed by atoms with Gasteiger partial charge in [0, 0.05) is 41.3 Å². The number of halogens is 4. The molecule has 4 aromatic rings. The fraction of sp³-hybridized carbons (Fsp3) is 0.222. The predicted octanol–water partition coefficient (Wildman–Crippen LogP) is 7.23. The highest BCUT2D eigenvalue weighted by Crippen LogP contribution is 2.39. The summed E-state index contributed by atoms with van der Waals surface area (Å²) in [7, 11) is 0. The van der Waals surface area contributed by atoms with Gasteiger partial charge >= 0.3 is 12.5 Å². The maximum absolute atomic E-state index is 13.6. The maximum Gasteiger partial charge on any atom is 0.573 e. The molecule has 0 spiro atoms. The summed E-state index contributed by atoms with van der Waals surface area (Å²) in [5.41, 5.74) is 2.24. The second kappa shape index (κ2) is 10.3. The minimum atomic E-state index is -4.81. The van der Waals surface area contributed by atoms with E-state index in [9.17, 15) is 22.4 Å². The van der Waals surface area contributed by atoms with E-state index in [0.717, 1.165) is 0 Å². The van der Waals surface area contributed by atoms with E-state index in [4.69, 9.17) is 4.74 Å². The van der Waals surface area contributed by atoms with E-state index in [0.29, 0.717) is 46.4 Å². The average Bonchev–Trinajstić information content (AvgIpc) is 3.23. The molecule has 0 saturated heterocycles. The Labute approximate surface area is 205 Å². The van der Waals surface area contributed by atoms with Gasteiger partial charge in [-0.15, -0.1) is 13.2 Å². The minimum absolute atomic E-state index is 0.108. The Hall–Kier alpha value is -4.01. The van der Waals surface area contributed by atoms with E-state index >= 15 is 0 Å². The standard InChI is InChI=1S/C27H24F4N2O3/c1-3-32(4-2)26(34)35-24-14-13-22-21(25(24)18-9-11-20(28)12-10-18)15-16-33(22)17-19-7-5-6-8-23(19)36-27(29,30)31/h5-16H,3-4,17H2,1-2H3. The molecule has 188 valence electrons. The van der Waals surface area contributed by atoms with E-state index in [-0.39, 0.29) is 12.3 Å². The number of ether oxygens (including phenoxy) is 2. The highest BCUT2D eigenvalue weighted by Gasteiger charge is 2.32. The van der Waals surface area contributed by atoms with Gasteiger partial charge in [-0.25, -0.2) is 9.18 Å². The van der Waals surface area contributed by atoms with Crippen LogP contribution in [0.25, 0.3) is 22.0 Å². The van der Waals surface area contributed by atoms with Crippen molar-refractivity contribution in [2.75, 3.05) is 13.1 Å². The molecule has 0 aliphatic heterocycles. The van der Waals surface area contributed by atoms with Gasteiger partial charge in [-0.1, -0.05) is 30.3 Å². The Kier molecular flexibility index (Phi) is 7.19. The molecule has 5 nitrogen and oxygen atoms in total. The zero-order chi connectivity index (χ0) is 25.9. The summed E-state index contributed by atoms with van der Waals surface area (Å²) in [6, 6.07) is 16.9. The van der Waals surface area contributed by atoms with Crippen LogP contribution in [0.5, 0.6) is 11.5 Å². The van der Waals surface area contributed by atoms with Crippen LogP contribution in [0.1, 0.15) is 19.4 Å². The molecule has 0 radical (unpaired) electrons. The molecule has 1 aromatic heterocycles. The highest BCUT2D eigenvalue weighted by molar-refractivity contribution is 5.99. The number of rotatable bonds is 7. The monoisotopic (exact) mass is 500 g/mol. The van der Waals surface area contributed by atoms with Crippen LogP contribution >= 0.6 is 0 Å². The molecule has 36 heavy (non-hydrogen) atoms. The van der Waals surface area contributed by atoms with E-state index in [1.54, 1.807) is 53.2 Å². The lowest BCUT2D eigenvalue weighted by atomic mass is 10.0. The number of carbonyl (C=O) groups is 1. The maximum atomic E-state index is 13.6. The van der Waals surface area contributed by atoms with E-state index < -0.39 is 18.3 Å². The Balaban J connectivity index is 1.79. The molecule has 0 atom stereocenters. The number of amides is 1. The number of carbonyl (C=O) groups excluding carboxylic acids is 1. The molecule has 0 bridgehead atoms. The van der Waals surface area contributed by atoms with Crippen LogP contribution < -0.4 is 9.47 Å². The molecule has 0 unspecified atom stereocenters. The lowest BCUT2D eigenvalue weighted by Crippen LogP contribution is -2.33. The Morgan fingerprint density at radius 1 is 0.917 bits per heavy atom. The van der Waals surface area contributed by atoms with Crippen LogP contribution in [-0.2, 0) is 6.54 Å². The summed E-state index contributed by atoms with van der Waals surface area (Å²) >= 11 is 0. The predicted molar refractivity (Wildman–Crippen MR) is 129 cm³/mol. The van der Waals surface area contributed by atoms with Crippen molar-refractivity contribution in [1.29, 1.82) is 0 Å². The Morgan fingerprint density at radius 3 is 2.28 bits per heavy atom. The van der Waals surface area contributed by atoms with Gasteiger partial charge in [0.1, 0.15) is 17.3 Å². The van der Waals surface area contributed by atoms with Crippen LogP contribution in [0.4, 0.5) is 22.4 Å². The van der Waals surface area contributed by atoms with E-state index in [2.05, 4.69) is 4.74 Å². The molecular formula is C27H24F4N2O3. The number of fused-ring (bicyclic) bond motifs is 1. The van der Waals surface area contributed by atoms with E-state index in [1.807, 2.05) is 13.8 Å². The van der Waals surface area contributed by atoms with Crippen LogP contribution in [0, 0.1) is 5.82 Å². The number of alkyl halides is 3. The zero-order valence-electron chi connectivity index (χ0n) is 19.7. The molecule has 0 N–H and O–H groups in total. The van der Waals surface area contributed by atoms with Crippen molar-refractivity contribution in [3.63, 3.8) is 0 Å². The molecule has 0 saturated carbocycles. The van der Waals surface area contributed by atoms with Gasteiger partial charge in [-0.2, -0.15) is 0 Å². The van der Waals surface area contributed by atoms with Crippen molar-refractivity contribution in [2.45, 2.75) is 26.8 Å². The second-order valence-corrected chi connectivity index (χ2v) is 8.02. The summed E-state index contributed by atoms with van der Waals surface area (Å²) in [5.74, 6) is -0.397.